The van der Waals surface area contributed by atoms with Crippen LogP contribution in [0.5, 0.6) is 11.5 Å². The molecule has 0 saturated heterocycles. The number of aryl methyl sites for hydroxylation is 1. The van der Waals surface area contributed by atoms with Gasteiger partial charge in [-0.15, -0.1) is 0 Å². The van der Waals surface area contributed by atoms with E-state index in [4.69, 9.17) is 4.74 Å². The van der Waals surface area contributed by atoms with Crippen LogP contribution in [0.2, 0.25) is 0 Å². The fraction of sp³-hybridized carbons (Fsp3) is 0.133. The molecular weight excluding hydrogens is 226 g/mol. The van der Waals surface area contributed by atoms with Crippen molar-refractivity contribution in [1.29, 1.82) is 0 Å². The van der Waals surface area contributed by atoms with Crippen LogP contribution in [0.3, 0.4) is 0 Å². The lowest BCUT2D eigenvalue weighted by molar-refractivity contribution is -0.105. The second-order valence-electron chi connectivity index (χ2n) is 4.09. The van der Waals surface area contributed by atoms with Crippen LogP contribution in [0.25, 0.3) is 0 Å². The molecule has 3 nitrogen and oxygen atoms in total. The maximum absolute atomic E-state index is 10.3. The topological polar surface area (TPSA) is 38.3 Å². The highest BCUT2D eigenvalue weighted by molar-refractivity contribution is 5.71. The molecule has 2 aromatic carbocycles. The molecule has 0 aliphatic heterocycles. The molecule has 3 heteroatoms. The molecule has 0 spiro atoms. The molecule has 0 fully saturated rings. The minimum absolute atomic E-state index is 0.653. The van der Waals surface area contributed by atoms with Crippen molar-refractivity contribution in [3.8, 4) is 11.5 Å². The summed E-state index contributed by atoms with van der Waals surface area (Å²) in [7, 11) is 0. The molecule has 1 N–H and O–H groups in total. The Balaban J connectivity index is 2.18. The van der Waals surface area contributed by atoms with Gasteiger partial charge in [-0.1, -0.05) is 12.1 Å². The molecule has 0 radical (unpaired) electrons. The Morgan fingerprint density at radius 3 is 2.44 bits per heavy atom. The summed E-state index contributed by atoms with van der Waals surface area (Å²) in [6.45, 7) is 4.09. The molecule has 18 heavy (non-hydrogen) atoms. The lowest BCUT2D eigenvalue weighted by Gasteiger charge is -2.10. The van der Waals surface area contributed by atoms with Crippen LogP contribution in [-0.4, -0.2) is 6.41 Å². The van der Waals surface area contributed by atoms with Crippen LogP contribution in [0.15, 0.2) is 42.5 Å². The number of amides is 1. The van der Waals surface area contributed by atoms with Crippen LogP contribution in [0, 0.1) is 13.8 Å². The van der Waals surface area contributed by atoms with E-state index < -0.39 is 0 Å². The lowest BCUT2D eigenvalue weighted by atomic mass is 10.1. The lowest BCUT2D eigenvalue weighted by Crippen LogP contribution is -1.93. The summed E-state index contributed by atoms with van der Waals surface area (Å²) < 4.78 is 5.81. The molecule has 0 unspecified atom stereocenters. The Morgan fingerprint density at radius 1 is 1.06 bits per heavy atom. The first-order chi connectivity index (χ1) is 8.70. The van der Waals surface area contributed by atoms with Crippen LogP contribution >= 0.6 is 0 Å². The molecule has 0 aliphatic carbocycles. The van der Waals surface area contributed by atoms with Crippen molar-refractivity contribution < 1.29 is 9.53 Å². The average molecular weight is 241 g/mol. The molecule has 0 aliphatic rings. The third kappa shape index (κ3) is 2.69. The van der Waals surface area contributed by atoms with Gasteiger partial charge >= 0.3 is 0 Å². The summed E-state index contributed by atoms with van der Waals surface area (Å²) in [6, 6.07) is 13.2. The Hall–Kier alpha value is -2.29. The number of hydrogen-bond donors (Lipinski definition) is 1. The summed E-state index contributed by atoms with van der Waals surface area (Å²) in [4.78, 5) is 10.3. The van der Waals surface area contributed by atoms with Gasteiger partial charge in [0.05, 0.1) is 0 Å². The van der Waals surface area contributed by atoms with Crippen LogP contribution in [0.1, 0.15) is 11.1 Å². The zero-order valence-corrected chi connectivity index (χ0v) is 10.4. The molecule has 0 bridgehead atoms. The Morgan fingerprint density at radius 2 is 1.78 bits per heavy atom. The number of carbonyl (C=O) groups is 1. The van der Waals surface area contributed by atoms with Gasteiger partial charge in [-0.25, -0.2) is 0 Å². The highest BCUT2D eigenvalue weighted by Gasteiger charge is 2.03. The van der Waals surface area contributed by atoms with E-state index in [0.717, 1.165) is 22.7 Å². The number of rotatable bonds is 4. The highest BCUT2D eigenvalue weighted by atomic mass is 16.5. The van der Waals surface area contributed by atoms with Gasteiger partial charge in [-0.05, 0) is 55.3 Å². The SMILES string of the molecule is Cc1cccc(Oc2ccc(NC=O)cc2)c1C. The number of hydrogen-bond acceptors (Lipinski definition) is 2. The number of nitrogens with one attached hydrogen (secondary N) is 1. The monoisotopic (exact) mass is 241 g/mol. The summed E-state index contributed by atoms with van der Waals surface area (Å²) in [5.74, 6) is 1.60. The van der Waals surface area contributed by atoms with Gasteiger partial charge in [0, 0.05) is 5.69 Å². The fourth-order valence-corrected chi connectivity index (χ4v) is 1.65. The van der Waals surface area contributed by atoms with Crippen LogP contribution in [-0.2, 0) is 4.79 Å². The first kappa shape index (κ1) is 12.2. The van der Waals surface area contributed by atoms with Gasteiger partial charge in [-0.2, -0.15) is 0 Å². The standard InChI is InChI=1S/C15H15NO2/c1-11-4-3-5-15(12(11)2)18-14-8-6-13(7-9-14)16-10-17/h3-10H,1-2H3,(H,16,17). The largest absolute Gasteiger partial charge is 0.457 e. The van der Waals surface area contributed by atoms with Gasteiger partial charge < -0.3 is 10.1 Å². The van der Waals surface area contributed by atoms with Crippen LogP contribution < -0.4 is 10.1 Å². The van der Waals surface area contributed by atoms with E-state index in [9.17, 15) is 4.79 Å². The Labute approximate surface area is 106 Å². The Kier molecular flexibility index (Phi) is 3.63. The maximum Gasteiger partial charge on any atom is 0.211 e. The van der Waals surface area contributed by atoms with E-state index in [-0.39, 0.29) is 0 Å². The molecule has 2 rings (SSSR count). The van der Waals surface area contributed by atoms with Gasteiger partial charge in [0.1, 0.15) is 11.5 Å². The van der Waals surface area contributed by atoms with Crippen molar-refractivity contribution in [3.63, 3.8) is 0 Å². The van der Waals surface area contributed by atoms with E-state index >= 15 is 0 Å². The molecule has 0 saturated carbocycles. The van der Waals surface area contributed by atoms with Crippen molar-refractivity contribution in [2.45, 2.75) is 13.8 Å². The van der Waals surface area contributed by atoms with Gasteiger partial charge in [-0.3, -0.25) is 4.79 Å². The number of benzene rings is 2. The third-order valence-corrected chi connectivity index (χ3v) is 2.86. The third-order valence-electron chi connectivity index (χ3n) is 2.86. The van der Waals surface area contributed by atoms with Gasteiger partial charge in [0.15, 0.2) is 0 Å². The molecule has 2 aromatic rings. The van der Waals surface area contributed by atoms with E-state index in [2.05, 4.69) is 18.3 Å². The zero-order chi connectivity index (χ0) is 13.0. The number of anilines is 1. The molecule has 92 valence electrons. The first-order valence-electron chi connectivity index (χ1n) is 5.75. The normalized spacial score (nSPS) is 9.89. The molecule has 0 atom stereocenters. The molecular formula is C15H15NO2. The predicted molar refractivity (Wildman–Crippen MR) is 72.1 cm³/mol. The van der Waals surface area contributed by atoms with Crippen LogP contribution in [0.4, 0.5) is 5.69 Å². The number of carbonyl (C=O) groups excluding carboxylic acids is 1. The second-order valence-corrected chi connectivity index (χ2v) is 4.09. The summed E-state index contributed by atoms with van der Waals surface area (Å²) in [6.07, 6.45) is 0.653. The quantitative estimate of drug-likeness (QED) is 0.829. The van der Waals surface area contributed by atoms with Crippen molar-refractivity contribution in [2.24, 2.45) is 0 Å². The second kappa shape index (κ2) is 5.36. The fourth-order valence-electron chi connectivity index (χ4n) is 1.65. The van der Waals surface area contributed by atoms with Crippen molar-refractivity contribution in [3.05, 3.63) is 53.6 Å². The Bertz CT molecular complexity index is 547. The molecule has 0 heterocycles. The smallest absolute Gasteiger partial charge is 0.211 e. The molecule has 1 amide bonds. The first-order valence-corrected chi connectivity index (χ1v) is 5.75. The van der Waals surface area contributed by atoms with Crippen molar-refractivity contribution in [1.82, 2.24) is 0 Å². The summed E-state index contributed by atoms with van der Waals surface area (Å²) >= 11 is 0. The van der Waals surface area contributed by atoms with Crippen molar-refractivity contribution >= 4 is 12.1 Å². The van der Waals surface area contributed by atoms with Crippen molar-refractivity contribution in [2.75, 3.05) is 5.32 Å². The number of ether oxygens (including phenoxy) is 1. The predicted octanol–water partition coefficient (Wildman–Crippen LogP) is 3.66. The van der Waals surface area contributed by atoms with Gasteiger partial charge in [0.2, 0.25) is 6.41 Å². The molecule has 0 aromatic heterocycles. The van der Waals surface area contributed by atoms with Gasteiger partial charge in [0.25, 0.3) is 0 Å². The minimum Gasteiger partial charge on any atom is -0.457 e. The van der Waals surface area contributed by atoms with E-state index in [0.29, 0.717) is 6.41 Å². The zero-order valence-electron chi connectivity index (χ0n) is 10.4. The van der Waals surface area contributed by atoms with E-state index in [1.807, 2.05) is 31.2 Å². The highest BCUT2D eigenvalue weighted by Crippen LogP contribution is 2.27. The van der Waals surface area contributed by atoms with E-state index in [1.54, 1.807) is 12.1 Å². The maximum atomic E-state index is 10.3. The van der Waals surface area contributed by atoms with E-state index in [1.165, 1.54) is 5.56 Å². The summed E-state index contributed by atoms with van der Waals surface area (Å²) in [5.41, 5.74) is 3.08. The minimum atomic E-state index is 0.653. The summed E-state index contributed by atoms with van der Waals surface area (Å²) in [5, 5.41) is 2.58. The average Bonchev–Trinajstić information content (AvgIpc) is 2.38.